The van der Waals surface area contributed by atoms with E-state index < -0.39 is 0 Å². The maximum Gasteiger partial charge on any atom is 0.244 e. The highest BCUT2D eigenvalue weighted by atomic mass is 16.5. The van der Waals surface area contributed by atoms with Crippen LogP contribution in [0.1, 0.15) is 50.5 Å². The van der Waals surface area contributed by atoms with Crippen LogP contribution >= 0.6 is 0 Å². The molecular weight excluding hydrogens is 264 g/mol. The molecule has 21 heavy (non-hydrogen) atoms. The molecule has 0 unspecified atom stereocenters. The van der Waals surface area contributed by atoms with Gasteiger partial charge < -0.3 is 4.74 Å². The zero-order chi connectivity index (χ0) is 14.9. The summed E-state index contributed by atoms with van der Waals surface area (Å²) in [7, 11) is 1.63. The third kappa shape index (κ3) is 5.58. The van der Waals surface area contributed by atoms with E-state index >= 15 is 0 Å². The number of amides is 1. The van der Waals surface area contributed by atoms with E-state index in [1.807, 2.05) is 24.3 Å². The van der Waals surface area contributed by atoms with Gasteiger partial charge in [-0.05, 0) is 43.4 Å². The van der Waals surface area contributed by atoms with Crippen LogP contribution in [0.5, 0.6) is 5.75 Å². The molecule has 0 bridgehead atoms. The maximum absolute atomic E-state index is 11.9. The first kappa shape index (κ1) is 15.5. The lowest BCUT2D eigenvalue weighted by Gasteiger charge is -2.11. The van der Waals surface area contributed by atoms with E-state index in [4.69, 9.17) is 4.74 Å². The largest absolute Gasteiger partial charge is 0.497 e. The monoisotopic (exact) mass is 288 g/mol. The predicted octanol–water partition coefficient (Wildman–Crippen LogP) is 3.45. The van der Waals surface area contributed by atoms with Gasteiger partial charge in [-0.15, -0.1) is 0 Å². The third-order valence-electron chi connectivity index (χ3n) is 3.79. The second-order valence-electron chi connectivity index (χ2n) is 5.51. The number of carbonyl (C=O) groups excluding carboxylic acids is 1. The number of ether oxygens (including phenoxy) is 1. The van der Waals surface area contributed by atoms with Crippen molar-refractivity contribution in [2.45, 2.75) is 51.4 Å². The Morgan fingerprint density at radius 2 is 1.71 bits per heavy atom. The second kappa shape index (κ2) is 8.45. The van der Waals surface area contributed by atoms with Crippen molar-refractivity contribution in [3.05, 3.63) is 29.8 Å². The van der Waals surface area contributed by atoms with Gasteiger partial charge in [0.05, 0.1) is 13.5 Å². The Labute approximate surface area is 126 Å². The standard InChI is InChI=1S/C17H24N2O2/c1-21-16-11-9-14(10-12-16)13-17(20)19-18-15-7-5-3-2-4-6-8-15/h9-12H,2-8,13H2,1H3,(H,19,20). The zero-order valence-corrected chi connectivity index (χ0v) is 12.7. The summed E-state index contributed by atoms with van der Waals surface area (Å²) >= 11 is 0. The molecule has 1 aromatic rings. The van der Waals surface area contributed by atoms with Crippen molar-refractivity contribution in [3.63, 3.8) is 0 Å². The molecule has 0 radical (unpaired) electrons. The Balaban J connectivity index is 1.82. The van der Waals surface area contributed by atoms with Gasteiger partial charge in [0.25, 0.3) is 0 Å². The molecule has 1 saturated carbocycles. The Morgan fingerprint density at radius 3 is 2.33 bits per heavy atom. The van der Waals surface area contributed by atoms with Crippen LogP contribution in [0.4, 0.5) is 0 Å². The van der Waals surface area contributed by atoms with E-state index in [-0.39, 0.29) is 5.91 Å². The Bertz CT molecular complexity index is 470. The van der Waals surface area contributed by atoms with Crippen LogP contribution in [0.3, 0.4) is 0 Å². The zero-order valence-electron chi connectivity index (χ0n) is 12.7. The Kier molecular flexibility index (Phi) is 6.25. The van der Waals surface area contributed by atoms with E-state index in [1.54, 1.807) is 7.11 Å². The Morgan fingerprint density at radius 1 is 1.10 bits per heavy atom. The van der Waals surface area contributed by atoms with Gasteiger partial charge >= 0.3 is 0 Å². The van der Waals surface area contributed by atoms with Crippen molar-refractivity contribution in [1.82, 2.24) is 5.43 Å². The van der Waals surface area contributed by atoms with E-state index in [9.17, 15) is 4.79 Å². The summed E-state index contributed by atoms with van der Waals surface area (Å²) in [6.07, 6.45) is 8.64. The number of rotatable bonds is 4. The molecular formula is C17H24N2O2. The van der Waals surface area contributed by atoms with E-state index in [0.29, 0.717) is 6.42 Å². The molecule has 1 aliphatic carbocycles. The number of nitrogens with zero attached hydrogens (tertiary/aromatic N) is 1. The van der Waals surface area contributed by atoms with Crippen LogP contribution in [0.25, 0.3) is 0 Å². The van der Waals surface area contributed by atoms with Crippen molar-refractivity contribution >= 4 is 11.6 Å². The highest BCUT2D eigenvalue weighted by Gasteiger charge is 2.07. The van der Waals surface area contributed by atoms with Gasteiger partial charge in [-0.25, -0.2) is 5.43 Å². The second-order valence-corrected chi connectivity index (χ2v) is 5.51. The van der Waals surface area contributed by atoms with Crippen LogP contribution in [-0.2, 0) is 11.2 Å². The minimum atomic E-state index is -0.0604. The number of carbonyl (C=O) groups is 1. The Hall–Kier alpha value is -1.84. The van der Waals surface area contributed by atoms with Crippen LogP contribution in [0.2, 0.25) is 0 Å². The first-order valence-corrected chi connectivity index (χ1v) is 7.75. The average molecular weight is 288 g/mol. The lowest BCUT2D eigenvalue weighted by molar-refractivity contribution is -0.120. The fraction of sp³-hybridized carbons (Fsp3) is 0.529. The van der Waals surface area contributed by atoms with Gasteiger partial charge in [0.1, 0.15) is 5.75 Å². The molecule has 0 aromatic heterocycles. The molecule has 2 rings (SSSR count). The quantitative estimate of drug-likeness (QED) is 0.863. The number of hydrogen-bond donors (Lipinski definition) is 1. The molecule has 1 aromatic carbocycles. The highest BCUT2D eigenvalue weighted by molar-refractivity contribution is 5.86. The summed E-state index contributed by atoms with van der Waals surface area (Å²) in [4.78, 5) is 11.9. The summed E-state index contributed by atoms with van der Waals surface area (Å²) < 4.78 is 5.10. The summed E-state index contributed by atoms with van der Waals surface area (Å²) in [5.41, 5.74) is 4.80. The van der Waals surface area contributed by atoms with E-state index in [2.05, 4.69) is 10.5 Å². The van der Waals surface area contributed by atoms with Crippen molar-refractivity contribution in [2.24, 2.45) is 5.10 Å². The molecule has 1 aliphatic rings. The molecule has 1 amide bonds. The number of benzene rings is 1. The van der Waals surface area contributed by atoms with Crippen molar-refractivity contribution in [1.29, 1.82) is 0 Å². The van der Waals surface area contributed by atoms with Crippen LogP contribution in [0, 0.1) is 0 Å². The molecule has 0 aliphatic heterocycles. The van der Waals surface area contributed by atoms with Crippen molar-refractivity contribution < 1.29 is 9.53 Å². The van der Waals surface area contributed by atoms with Gasteiger partial charge in [-0.1, -0.05) is 31.4 Å². The SMILES string of the molecule is COc1ccc(CC(=O)NN=C2CCCCCCC2)cc1. The van der Waals surface area contributed by atoms with Gasteiger partial charge in [0.15, 0.2) is 0 Å². The number of hydrogen-bond acceptors (Lipinski definition) is 3. The molecule has 4 nitrogen and oxygen atoms in total. The lowest BCUT2D eigenvalue weighted by atomic mass is 9.99. The van der Waals surface area contributed by atoms with Gasteiger partial charge in [0, 0.05) is 5.71 Å². The lowest BCUT2D eigenvalue weighted by Crippen LogP contribution is -2.21. The number of methoxy groups -OCH3 is 1. The maximum atomic E-state index is 11.9. The molecule has 0 saturated heterocycles. The average Bonchev–Trinajstić information content (AvgIpc) is 2.47. The van der Waals surface area contributed by atoms with Crippen LogP contribution in [-0.4, -0.2) is 18.7 Å². The van der Waals surface area contributed by atoms with Gasteiger partial charge in [0.2, 0.25) is 5.91 Å². The third-order valence-corrected chi connectivity index (χ3v) is 3.79. The fourth-order valence-corrected chi connectivity index (χ4v) is 2.53. The predicted molar refractivity (Wildman–Crippen MR) is 84.6 cm³/mol. The minimum absolute atomic E-state index is 0.0604. The molecule has 0 spiro atoms. The van der Waals surface area contributed by atoms with Gasteiger partial charge in [-0.3, -0.25) is 4.79 Å². The van der Waals surface area contributed by atoms with E-state index in [0.717, 1.165) is 29.9 Å². The molecule has 1 fully saturated rings. The summed E-state index contributed by atoms with van der Waals surface area (Å²) in [5.74, 6) is 0.739. The smallest absolute Gasteiger partial charge is 0.244 e. The molecule has 4 heteroatoms. The highest BCUT2D eigenvalue weighted by Crippen LogP contribution is 2.15. The van der Waals surface area contributed by atoms with Crippen LogP contribution in [0.15, 0.2) is 29.4 Å². The normalized spacial score (nSPS) is 15.8. The number of nitrogens with one attached hydrogen (secondary N) is 1. The molecule has 0 atom stereocenters. The minimum Gasteiger partial charge on any atom is -0.497 e. The molecule has 114 valence electrons. The molecule has 1 N–H and O–H groups in total. The first-order valence-electron chi connectivity index (χ1n) is 7.75. The number of hydrazone groups is 1. The first-order chi connectivity index (χ1) is 10.3. The topological polar surface area (TPSA) is 50.7 Å². The van der Waals surface area contributed by atoms with E-state index in [1.165, 1.54) is 32.1 Å². The summed E-state index contributed by atoms with van der Waals surface area (Å²) in [5, 5.41) is 4.31. The summed E-state index contributed by atoms with van der Waals surface area (Å²) in [6, 6.07) is 7.54. The fourth-order valence-electron chi connectivity index (χ4n) is 2.53. The summed E-state index contributed by atoms with van der Waals surface area (Å²) in [6.45, 7) is 0. The van der Waals surface area contributed by atoms with Crippen molar-refractivity contribution in [2.75, 3.05) is 7.11 Å². The van der Waals surface area contributed by atoms with Gasteiger partial charge in [-0.2, -0.15) is 5.10 Å². The molecule has 0 heterocycles. The van der Waals surface area contributed by atoms with Crippen LogP contribution < -0.4 is 10.2 Å². The van der Waals surface area contributed by atoms with Crippen molar-refractivity contribution in [3.8, 4) is 5.75 Å².